The zero-order chi connectivity index (χ0) is 8.91. The molecule has 0 heterocycles. The number of nitrogens with one attached hydrogen (secondary N) is 1. The Labute approximate surface area is 72.6 Å². The van der Waals surface area contributed by atoms with Crippen molar-refractivity contribution < 1.29 is 9.90 Å². The molecule has 0 aliphatic heterocycles. The summed E-state index contributed by atoms with van der Waals surface area (Å²) in [5.41, 5.74) is -0.325. The molecule has 0 aromatic heterocycles. The number of carbonyl (C=O) groups is 1. The Balaban J connectivity index is 3.70. The maximum absolute atomic E-state index is 10.2. The maximum atomic E-state index is 10.2. The Morgan fingerprint density at radius 3 is 2.55 bits per heavy atom. The first kappa shape index (κ1) is 10.6. The molecule has 1 amide bonds. The standard InChI is InChI=1S/C7H15NO2S/c1-7(2,4-3-5-11)8-6(9)10/h8,11H,3-5H2,1-2H3,(H,9,10). The molecule has 0 aliphatic carbocycles. The van der Waals surface area contributed by atoms with E-state index in [0.717, 1.165) is 18.6 Å². The van der Waals surface area contributed by atoms with Gasteiger partial charge in [-0.05, 0) is 32.4 Å². The average Bonchev–Trinajstić information content (AvgIpc) is 1.81. The Bertz CT molecular complexity index is 136. The van der Waals surface area contributed by atoms with E-state index in [1.54, 1.807) is 0 Å². The normalized spacial score (nSPS) is 11.2. The predicted octanol–water partition coefficient (Wildman–Crippen LogP) is 1.74. The van der Waals surface area contributed by atoms with Crippen molar-refractivity contribution in [3.63, 3.8) is 0 Å². The quantitative estimate of drug-likeness (QED) is 0.573. The van der Waals surface area contributed by atoms with Gasteiger partial charge in [-0.3, -0.25) is 0 Å². The summed E-state index contributed by atoms with van der Waals surface area (Å²) >= 11 is 4.05. The number of carboxylic acid groups (broad SMARTS) is 1. The minimum atomic E-state index is -0.964. The van der Waals surface area contributed by atoms with Crippen LogP contribution in [0.1, 0.15) is 26.7 Å². The highest BCUT2D eigenvalue weighted by Crippen LogP contribution is 2.10. The van der Waals surface area contributed by atoms with E-state index in [9.17, 15) is 4.79 Å². The molecular formula is C7H15NO2S. The van der Waals surface area contributed by atoms with Gasteiger partial charge in [0.1, 0.15) is 0 Å². The number of amides is 1. The van der Waals surface area contributed by atoms with Crippen LogP contribution in [0.15, 0.2) is 0 Å². The van der Waals surface area contributed by atoms with Gasteiger partial charge < -0.3 is 10.4 Å². The van der Waals surface area contributed by atoms with E-state index in [1.165, 1.54) is 0 Å². The third-order valence-electron chi connectivity index (χ3n) is 1.41. The van der Waals surface area contributed by atoms with E-state index < -0.39 is 6.09 Å². The van der Waals surface area contributed by atoms with Crippen LogP contribution in [-0.4, -0.2) is 22.5 Å². The van der Waals surface area contributed by atoms with Crippen LogP contribution in [0.2, 0.25) is 0 Å². The summed E-state index contributed by atoms with van der Waals surface area (Å²) in [6, 6.07) is 0. The first-order valence-corrected chi connectivity index (χ1v) is 4.23. The van der Waals surface area contributed by atoms with E-state index in [-0.39, 0.29) is 5.54 Å². The second kappa shape index (κ2) is 4.49. The summed E-state index contributed by atoms with van der Waals surface area (Å²) in [4.78, 5) is 10.2. The largest absolute Gasteiger partial charge is 0.465 e. The van der Waals surface area contributed by atoms with Crippen molar-refractivity contribution in [2.75, 3.05) is 5.75 Å². The van der Waals surface area contributed by atoms with Gasteiger partial charge in [0, 0.05) is 5.54 Å². The van der Waals surface area contributed by atoms with Crippen molar-refractivity contribution in [2.24, 2.45) is 0 Å². The minimum absolute atomic E-state index is 0.325. The topological polar surface area (TPSA) is 49.3 Å². The van der Waals surface area contributed by atoms with Gasteiger partial charge >= 0.3 is 6.09 Å². The van der Waals surface area contributed by atoms with Crippen LogP contribution in [0.5, 0.6) is 0 Å². The zero-order valence-electron chi connectivity index (χ0n) is 6.92. The Kier molecular flexibility index (Phi) is 4.33. The molecule has 2 N–H and O–H groups in total. The molecule has 0 aromatic carbocycles. The molecule has 0 saturated carbocycles. The highest BCUT2D eigenvalue weighted by Gasteiger charge is 2.18. The molecule has 4 heteroatoms. The van der Waals surface area contributed by atoms with E-state index in [4.69, 9.17) is 5.11 Å². The molecule has 3 nitrogen and oxygen atoms in total. The molecule has 0 bridgehead atoms. The van der Waals surface area contributed by atoms with Crippen molar-refractivity contribution in [1.82, 2.24) is 5.32 Å². The van der Waals surface area contributed by atoms with Crippen LogP contribution < -0.4 is 5.32 Å². The van der Waals surface area contributed by atoms with Crippen molar-refractivity contribution in [1.29, 1.82) is 0 Å². The lowest BCUT2D eigenvalue weighted by molar-refractivity contribution is 0.180. The lowest BCUT2D eigenvalue weighted by Crippen LogP contribution is -2.42. The molecule has 0 spiro atoms. The summed E-state index contributed by atoms with van der Waals surface area (Å²) in [5.74, 6) is 0.796. The van der Waals surface area contributed by atoms with Gasteiger partial charge in [0.2, 0.25) is 0 Å². The van der Waals surface area contributed by atoms with Crippen LogP contribution in [0, 0.1) is 0 Å². The third-order valence-corrected chi connectivity index (χ3v) is 1.72. The van der Waals surface area contributed by atoms with Crippen molar-refractivity contribution in [3.8, 4) is 0 Å². The maximum Gasteiger partial charge on any atom is 0.405 e. The smallest absolute Gasteiger partial charge is 0.405 e. The van der Waals surface area contributed by atoms with Crippen molar-refractivity contribution >= 4 is 18.7 Å². The minimum Gasteiger partial charge on any atom is -0.465 e. The SMILES string of the molecule is CC(C)(CCCS)NC(=O)O. The zero-order valence-corrected chi connectivity index (χ0v) is 7.82. The van der Waals surface area contributed by atoms with Gasteiger partial charge in [-0.2, -0.15) is 12.6 Å². The molecule has 0 saturated heterocycles. The van der Waals surface area contributed by atoms with Crippen LogP contribution in [0.3, 0.4) is 0 Å². The summed E-state index contributed by atoms with van der Waals surface area (Å²) < 4.78 is 0. The second-order valence-electron chi connectivity index (χ2n) is 3.14. The van der Waals surface area contributed by atoms with E-state index in [0.29, 0.717) is 0 Å². The third kappa shape index (κ3) is 6.04. The summed E-state index contributed by atoms with van der Waals surface area (Å²) in [6.07, 6.45) is 0.785. The Hall–Kier alpha value is -0.380. The van der Waals surface area contributed by atoms with Gasteiger partial charge in [0.25, 0.3) is 0 Å². The van der Waals surface area contributed by atoms with Gasteiger partial charge in [0.05, 0.1) is 0 Å². The molecule has 0 unspecified atom stereocenters. The number of hydrogen-bond acceptors (Lipinski definition) is 2. The molecule has 0 atom stereocenters. The summed E-state index contributed by atoms with van der Waals surface area (Å²) in [5, 5.41) is 10.9. The average molecular weight is 177 g/mol. The lowest BCUT2D eigenvalue weighted by Gasteiger charge is -2.23. The highest BCUT2D eigenvalue weighted by molar-refractivity contribution is 7.80. The first-order valence-electron chi connectivity index (χ1n) is 3.60. The number of hydrogen-bond donors (Lipinski definition) is 3. The molecule has 11 heavy (non-hydrogen) atoms. The van der Waals surface area contributed by atoms with Gasteiger partial charge in [0.15, 0.2) is 0 Å². The van der Waals surface area contributed by atoms with Crippen LogP contribution in [-0.2, 0) is 0 Å². The summed E-state index contributed by atoms with van der Waals surface area (Å²) in [6.45, 7) is 3.73. The first-order chi connectivity index (χ1) is 4.98. The molecule has 0 fully saturated rings. The molecule has 0 aromatic rings. The van der Waals surface area contributed by atoms with E-state index >= 15 is 0 Å². The second-order valence-corrected chi connectivity index (χ2v) is 3.59. The van der Waals surface area contributed by atoms with Crippen molar-refractivity contribution in [2.45, 2.75) is 32.2 Å². The van der Waals surface area contributed by atoms with E-state index in [2.05, 4.69) is 17.9 Å². The van der Waals surface area contributed by atoms with Gasteiger partial charge in [-0.25, -0.2) is 4.79 Å². The molecule has 0 aliphatic rings. The molecule has 0 radical (unpaired) electrons. The summed E-state index contributed by atoms with van der Waals surface area (Å²) in [7, 11) is 0. The monoisotopic (exact) mass is 177 g/mol. The fraction of sp³-hybridized carbons (Fsp3) is 0.857. The molecule has 66 valence electrons. The Morgan fingerprint density at radius 2 is 2.18 bits per heavy atom. The Morgan fingerprint density at radius 1 is 1.64 bits per heavy atom. The fourth-order valence-electron chi connectivity index (χ4n) is 0.873. The number of rotatable bonds is 4. The predicted molar refractivity (Wildman–Crippen MR) is 48.3 cm³/mol. The molecular weight excluding hydrogens is 162 g/mol. The van der Waals surface area contributed by atoms with Crippen LogP contribution in [0.4, 0.5) is 4.79 Å². The van der Waals surface area contributed by atoms with Crippen LogP contribution >= 0.6 is 12.6 Å². The van der Waals surface area contributed by atoms with Gasteiger partial charge in [-0.1, -0.05) is 0 Å². The van der Waals surface area contributed by atoms with E-state index in [1.807, 2.05) is 13.8 Å². The number of thiol groups is 1. The molecule has 0 rings (SSSR count). The van der Waals surface area contributed by atoms with Crippen LogP contribution in [0.25, 0.3) is 0 Å². The van der Waals surface area contributed by atoms with Crippen molar-refractivity contribution in [3.05, 3.63) is 0 Å². The van der Waals surface area contributed by atoms with Gasteiger partial charge in [-0.15, -0.1) is 0 Å². The highest BCUT2D eigenvalue weighted by atomic mass is 32.1. The lowest BCUT2D eigenvalue weighted by atomic mass is 9.99. The fourth-order valence-corrected chi connectivity index (χ4v) is 1.03.